The second kappa shape index (κ2) is 5.58. The molecule has 2 aromatic rings. The van der Waals surface area contributed by atoms with E-state index < -0.39 is 0 Å². The third kappa shape index (κ3) is 2.87. The Morgan fingerprint density at radius 2 is 1.74 bits per heavy atom. The van der Waals surface area contributed by atoms with Gasteiger partial charge in [-0.25, -0.2) is 0 Å². The SMILES string of the molecule is NC(CCc1ccccc1)CC1Cc2ccccc21. The maximum Gasteiger partial charge on any atom is 0.00479 e. The Hall–Kier alpha value is -1.60. The largest absolute Gasteiger partial charge is 0.328 e. The number of benzene rings is 2. The van der Waals surface area contributed by atoms with Gasteiger partial charge in [0.05, 0.1) is 0 Å². The first-order valence-corrected chi connectivity index (χ1v) is 7.20. The van der Waals surface area contributed by atoms with Crippen LogP contribution < -0.4 is 5.73 Å². The van der Waals surface area contributed by atoms with Crippen molar-refractivity contribution in [1.29, 1.82) is 0 Å². The first-order chi connectivity index (χ1) is 9.33. The van der Waals surface area contributed by atoms with Gasteiger partial charge in [-0.3, -0.25) is 0 Å². The predicted molar refractivity (Wildman–Crippen MR) is 80.2 cm³/mol. The molecule has 2 unspecified atom stereocenters. The molecule has 0 saturated heterocycles. The first-order valence-electron chi connectivity index (χ1n) is 7.20. The molecule has 0 aromatic heterocycles. The van der Waals surface area contributed by atoms with E-state index in [0.29, 0.717) is 12.0 Å². The molecule has 2 aromatic carbocycles. The van der Waals surface area contributed by atoms with Crippen LogP contribution in [0, 0.1) is 0 Å². The molecule has 0 spiro atoms. The summed E-state index contributed by atoms with van der Waals surface area (Å²) in [5.74, 6) is 0.696. The van der Waals surface area contributed by atoms with Crippen LogP contribution in [0.3, 0.4) is 0 Å². The highest BCUT2D eigenvalue weighted by Crippen LogP contribution is 2.38. The third-order valence-corrected chi connectivity index (χ3v) is 4.20. The molecule has 1 nitrogen and oxygen atoms in total. The van der Waals surface area contributed by atoms with Gasteiger partial charge in [-0.15, -0.1) is 0 Å². The summed E-state index contributed by atoms with van der Waals surface area (Å²) < 4.78 is 0. The maximum atomic E-state index is 6.29. The molecule has 2 atom stereocenters. The summed E-state index contributed by atoms with van der Waals surface area (Å²) in [6.45, 7) is 0. The predicted octanol–water partition coefficient (Wildman–Crippen LogP) is 3.68. The van der Waals surface area contributed by atoms with Crippen LogP contribution in [-0.2, 0) is 12.8 Å². The number of nitrogens with two attached hydrogens (primary N) is 1. The molecule has 0 amide bonds. The fourth-order valence-corrected chi connectivity index (χ4v) is 3.05. The van der Waals surface area contributed by atoms with E-state index in [0.717, 1.165) is 19.3 Å². The van der Waals surface area contributed by atoms with E-state index in [9.17, 15) is 0 Å². The molecule has 3 rings (SSSR count). The van der Waals surface area contributed by atoms with Gasteiger partial charge in [-0.1, -0.05) is 54.6 Å². The topological polar surface area (TPSA) is 26.0 Å². The molecule has 0 radical (unpaired) electrons. The van der Waals surface area contributed by atoms with Crippen molar-refractivity contribution in [3.05, 3.63) is 71.3 Å². The minimum Gasteiger partial charge on any atom is -0.328 e. The fraction of sp³-hybridized carbons (Fsp3) is 0.333. The number of aryl methyl sites for hydroxylation is 1. The second-order valence-corrected chi connectivity index (χ2v) is 5.62. The molecular weight excluding hydrogens is 230 g/mol. The zero-order valence-corrected chi connectivity index (χ0v) is 11.3. The van der Waals surface area contributed by atoms with Crippen LogP contribution in [0.15, 0.2) is 54.6 Å². The van der Waals surface area contributed by atoms with Crippen molar-refractivity contribution in [3.8, 4) is 0 Å². The molecule has 98 valence electrons. The van der Waals surface area contributed by atoms with Gasteiger partial charge in [-0.2, -0.15) is 0 Å². The average Bonchev–Trinajstić information content (AvgIpc) is 2.44. The lowest BCUT2D eigenvalue weighted by Gasteiger charge is -2.32. The first kappa shape index (κ1) is 12.4. The highest BCUT2D eigenvalue weighted by atomic mass is 14.6. The molecule has 1 heteroatoms. The van der Waals surface area contributed by atoms with Crippen LogP contribution in [-0.4, -0.2) is 6.04 Å². The van der Waals surface area contributed by atoms with Crippen LogP contribution in [0.4, 0.5) is 0 Å². The van der Waals surface area contributed by atoms with Gasteiger partial charge in [0.2, 0.25) is 0 Å². The van der Waals surface area contributed by atoms with E-state index in [1.165, 1.54) is 23.1 Å². The summed E-state index contributed by atoms with van der Waals surface area (Å²) in [5.41, 5.74) is 10.7. The summed E-state index contributed by atoms with van der Waals surface area (Å²) in [6, 6.07) is 19.7. The van der Waals surface area contributed by atoms with Gasteiger partial charge in [0.1, 0.15) is 0 Å². The Balaban J connectivity index is 1.49. The smallest absolute Gasteiger partial charge is 0.00479 e. The Labute approximate surface area is 115 Å². The van der Waals surface area contributed by atoms with E-state index in [1.54, 1.807) is 0 Å². The standard InChI is InChI=1S/C18H21N/c19-17(11-10-14-6-2-1-3-7-14)13-16-12-15-8-4-5-9-18(15)16/h1-9,16-17H,10-13,19H2. The van der Waals surface area contributed by atoms with Crippen molar-refractivity contribution in [2.75, 3.05) is 0 Å². The molecule has 1 aliphatic rings. The Morgan fingerprint density at radius 3 is 2.53 bits per heavy atom. The quantitative estimate of drug-likeness (QED) is 0.862. The van der Waals surface area contributed by atoms with Crippen LogP contribution >= 0.6 is 0 Å². The van der Waals surface area contributed by atoms with E-state index in [-0.39, 0.29) is 0 Å². The summed E-state index contributed by atoms with van der Waals surface area (Å²) in [4.78, 5) is 0. The van der Waals surface area contributed by atoms with Crippen LogP contribution in [0.25, 0.3) is 0 Å². The minimum atomic E-state index is 0.318. The average molecular weight is 251 g/mol. The lowest BCUT2D eigenvalue weighted by atomic mass is 9.74. The lowest BCUT2D eigenvalue weighted by molar-refractivity contribution is 0.467. The Morgan fingerprint density at radius 1 is 1.00 bits per heavy atom. The molecule has 0 fully saturated rings. The zero-order chi connectivity index (χ0) is 13.1. The van der Waals surface area contributed by atoms with E-state index in [1.807, 2.05) is 0 Å². The minimum absolute atomic E-state index is 0.318. The normalized spacial score (nSPS) is 18.5. The molecule has 1 aliphatic carbocycles. The molecule has 0 bridgehead atoms. The maximum absolute atomic E-state index is 6.29. The fourth-order valence-electron chi connectivity index (χ4n) is 3.05. The molecule has 0 heterocycles. The summed E-state index contributed by atoms with van der Waals surface area (Å²) in [7, 11) is 0. The molecular formula is C18H21N. The van der Waals surface area contributed by atoms with Crippen molar-refractivity contribution >= 4 is 0 Å². The Bertz CT molecular complexity index is 532. The number of rotatable bonds is 5. The molecule has 2 N–H and O–H groups in total. The second-order valence-electron chi connectivity index (χ2n) is 5.62. The van der Waals surface area contributed by atoms with Gasteiger partial charge in [0.25, 0.3) is 0 Å². The number of fused-ring (bicyclic) bond motifs is 1. The highest BCUT2D eigenvalue weighted by molar-refractivity contribution is 5.39. The van der Waals surface area contributed by atoms with Gasteiger partial charge in [0.15, 0.2) is 0 Å². The zero-order valence-electron chi connectivity index (χ0n) is 11.3. The van der Waals surface area contributed by atoms with Gasteiger partial charge in [0, 0.05) is 6.04 Å². The van der Waals surface area contributed by atoms with Crippen molar-refractivity contribution in [2.24, 2.45) is 5.73 Å². The van der Waals surface area contributed by atoms with Crippen molar-refractivity contribution in [2.45, 2.75) is 37.6 Å². The van der Waals surface area contributed by atoms with Crippen LogP contribution in [0.2, 0.25) is 0 Å². The van der Waals surface area contributed by atoms with E-state index >= 15 is 0 Å². The van der Waals surface area contributed by atoms with Crippen LogP contribution in [0.1, 0.15) is 35.4 Å². The van der Waals surface area contributed by atoms with Crippen LogP contribution in [0.5, 0.6) is 0 Å². The summed E-state index contributed by atoms with van der Waals surface area (Å²) in [6.07, 6.45) is 4.53. The number of hydrogen-bond donors (Lipinski definition) is 1. The van der Waals surface area contributed by atoms with E-state index in [2.05, 4.69) is 54.6 Å². The Kier molecular flexibility index (Phi) is 3.65. The van der Waals surface area contributed by atoms with Gasteiger partial charge in [-0.05, 0) is 48.3 Å². The monoisotopic (exact) mass is 251 g/mol. The highest BCUT2D eigenvalue weighted by Gasteiger charge is 2.26. The van der Waals surface area contributed by atoms with Crippen molar-refractivity contribution < 1.29 is 0 Å². The van der Waals surface area contributed by atoms with Crippen molar-refractivity contribution in [3.63, 3.8) is 0 Å². The van der Waals surface area contributed by atoms with Gasteiger partial charge >= 0.3 is 0 Å². The molecule has 0 aliphatic heterocycles. The summed E-state index contributed by atoms with van der Waals surface area (Å²) >= 11 is 0. The summed E-state index contributed by atoms with van der Waals surface area (Å²) in [5, 5.41) is 0. The van der Waals surface area contributed by atoms with Crippen molar-refractivity contribution in [1.82, 2.24) is 0 Å². The molecule has 0 saturated carbocycles. The van der Waals surface area contributed by atoms with Gasteiger partial charge < -0.3 is 5.73 Å². The lowest BCUT2D eigenvalue weighted by Crippen LogP contribution is -2.28. The molecule has 19 heavy (non-hydrogen) atoms. The third-order valence-electron chi connectivity index (χ3n) is 4.20. The number of hydrogen-bond acceptors (Lipinski definition) is 1. The van der Waals surface area contributed by atoms with E-state index in [4.69, 9.17) is 5.73 Å².